The Balaban J connectivity index is 3.90. The molecule has 0 rings (SSSR count). The first kappa shape index (κ1) is 10.2. The molecule has 0 aromatic heterocycles. The van der Waals surface area contributed by atoms with E-state index >= 15 is 0 Å². The fraction of sp³-hybridized carbons (Fsp3) is 0.667. The van der Waals surface area contributed by atoms with Crippen molar-refractivity contribution in [3.8, 4) is 0 Å². The molecule has 4 nitrogen and oxygen atoms in total. The fourth-order valence-corrected chi connectivity index (χ4v) is 0.480. The molecule has 11 heavy (non-hydrogen) atoms. The zero-order valence-corrected chi connectivity index (χ0v) is 7.26. The van der Waals surface area contributed by atoms with E-state index in [0.717, 1.165) is 0 Å². The molecule has 5 heteroatoms. The van der Waals surface area contributed by atoms with Gasteiger partial charge in [-0.15, -0.1) is 11.6 Å². The predicted molar refractivity (Wildman–Crippen MR) is 43.6 cm³/mol. The van der Waals surface area contributed by atoms with Crippen LogP contribution in [0.2, 0.25) is 0 Å². The number of rotatable bonds is 2. The highest BCUT2D eigenvalue weighted by Crippen LogP contribution is 1.88. The first-order valence-corrected chi connectivity index (χ1v) is 3.69. The number of nitrogens with zero attached hydrogens (tertiary/aromatic N) is 1. The topological polar surface area (TPSA) is 64.7 Å². The number of carbonyl (C=O) groups is 1. The van der Waals surface area contributed by atoms with Gasteiger partial charge in [0.05, 0.1) is 6.10 Å². The molecule has 0 bridgehead atoms. The molecule has 0 saturated carbocycles. The van der Waals surface area contributed by atoms with Crippen molar-refractivity contribution in [2.45, 2.75) is 20.0 Å². The maximum absolute atomic E-state index is 10.5. The van der Waals surface area contributed by atoms with Crippen molar-refractivity contribution in [3.05, 3.63) is 0 Å². The van der Waals surface area contributed by atoms with Crippen LogP contribution in [0.5, 0.6) is 0 Å². The molecule has 0 atom stereocenters. The number of amides is 1. The highest BCUT2D eigenvalue weighted by molar-refractivity contribution is 6.27. The van der Waals surface area contributed by atoms with Crippen LogP contribution in [0.15, 0.2) is 4.99 Å². The second kappa shape index (κ2) is 4.96. The van der Waals surface area contributed by atoms with Crippen molar-refractivity contribution < 1.29 is 9.53 Å². The molecule has 64 valence electrons. The number of halogens is 1. The maximum atomic E-state index is 10.5. The summed E-state index contributed by atoms with van der Waals surface area (Å²) in [4.78, 5) is 13.9. The van der Waals surface area contributed by atoms with E-state index in [1.165, 1.54) is 0 Å². The molecule has 0 aliphatic rings. The minimum atomic E-state index is -0.496. The Hall–Kier alpha value is -0.770. The zero-order chi connectivity index (χ0) is 8.85. The summed E-state index contributed by atoms with van der Waals surface area (Å²) >= 11 is 5.16. The molecule has 0 aromatic carbocycles. The number of aliphatic imine (C=N–C) groups is 1. The van der Waals surface area contributed by atoms with E-state index in [2.05, 4.69) is 4.99 Å². The standard InChI is InChI=1S/C6H11ClN2O2/c1-4(2)11-6(8)9-5(10)3-7/h4H,3H2,1-2H3,(H2,8,9,10). The summed E-state index contributed by atoms with van der Waals surface area (Å²) in [5, 5.41) is 0. The van der Waals surface area contributed by atoms with Gasteiger partial charge in [0.25, 0.3) is 11.9 Å². The van der Waals surface area contributed by atoms with Gasteiger partial charge in [0, 0.05) is 0 Å². The van der Waals surface area contributed by atoms with Crippen LogP contribution in [0.1, 0.15) is 13.8 Å². The van der Waals surface area contributed by atoms with Crippen LogP contribution in [0.25, 0.3) is 0 Å². The Labute approximate surface area is 70.4 Å². The van der Waals surface area contributed by atoms with Gasteiger partial charge in [-0.05, 0) is 13.8 Å². The third-order valence-electron chi connectivity index (χ3n) is 0.706. The lowest BCUT2D eigenvalue weighted by atomic mass is 10.5. The maximum Gasteiger partial charge on any atom is 0.290 e. The number of hydrogen-bond donors (Lipinski definition) is 1. The van der Waals surface area contributed by atoms with Crippen LogP contribution in [-0.2, 0) is 9.53 Å². The number of alkyl halides is 1. The quantitative estimate of drug-likeness (QED) is 0.380. The van der Waals surface area contributed by atoms with Gasteiger partial charge < -0.3 is 10.5 Å². The van der Waals surface area contributed by atoms with Gasteiger partial charge in [-0.25, -0.2) is 0 Å². The number of hydrogen-bond acceptors (Lipinski definition) is 2. The zero-order valence-electron chi connectivity index (χ0n) is 6.50. The van der Waals surface area contributed by atoms with E-state index in [1.54, 1.807) is 13.8 Å². The van der Waals surface area contributed by atoms with Gasteiger partial charge in [-0.3, -0.25) is 4.79 Å². The largest absolute Gasteiger partial charge is 0.462 e. The van der Waals surface area contributed by atoms with Gasteiger partial charge in [-0.2, -0.15) is 4.99 Å². The number of carbonyl (C=O) groups excluding carboxylic acids is 1. The third-order valence-corrected chi connectivity index (χ3v) is 0.934. The monoisotopic (exact) mass is 178 g/mol. The van der Waals surface area contributed by atoms with E-state index in [4.69, 9.17) is 22.1 Å². The van der Waals surface area contributed by atoms with Gasteiger partial charge in [0.15, 0.2) is 0 Å². The first-order chi connectivity index (χ1) is 5.06. The molecular formula is C6H11ClN2O2. The lowest BCUT2D eigenvalue weighted by molar-refractivity contribution is -0.115. The van der Waals surface area contributed by atoms with Crippen molar-refractivity contribution in [2.24, 2.45) is 10.7 Å². The average Bonchev–Trinajstić information content (AvgIpc) is 1.85. The van der Waals surface area contributed by atoms with E-state index in [1.807, 2.05) is 0 Å². The van der Waals surface area contributed by atoms with Crippen LogP contribution in [0.4, 0.5) is 0 Å². The predicted octanol–water partition coefficient (Wildman–Crippen LogP) is 0.491. The van der Waals surface area contributed by atoms with Crippen molar-refractivity contribution in [2.75, 3.05) is 5.88 Å². The molecule has 2 N–H and O–H groups in total. The Kier molecular flexibility index (Phi) is 4.61. The molecule has 0 aliphatic carbocycles. The molecule has 0 fully saturated rings. The van der Waals surface area contributed by atoms with Crippen LogP contribution in [0.3, 0.4) is 0 Å². The van der Waals surface area contributed by atoms with E-state index < -0.39 is 5.91 Å². The van der Waals surface area contributed by atoms with Gasteiger partial charge in [0.1, 0.15) is 5.88 Å². The smallest absolute Gasteiger partial charge is 0.290 e. The average molecular weight is 179 g/mol. The molecule has 0 aromatic rings. The van der Waals surface area contributed by atoms with Crippen LogP contribution >= 0.6 is 11.6 Å². The summed E-state index contributed by atoms with van der Waals surface area (Å²) in [6, 6.07) is -0.134. The summed E-state index contributed by atoms with van der Waals surface area (Å²) in [5.41, 5.74) is 5.20. The van der Waals surface area contributed by atoms with Gasteiger partial charge in [0.2, 0.25) is 0 Å². The minimum Gasteiger partial charge on any atom is -0.462 e. The third kappa shape index (κ3) is 5.66. The second-order valence-electron chi connectivity index (χ2n) is 2.14. The number of nitrogens with two attached hydrogens (primary N) is 1. The molecule has 0 saturated heterocycles. The Bertz CT molecular complexity index is 168. The molecule has 0 radical (unpaired) electrons. The molecule has 0 aliphatic heterocycles. The van der Waals surface area contributed by atoms with Crippen LogP contribution in [-0.4, -0.2) is 23.9 Å². The van der Waals surface area contributed by atoms with Crippen LogP contribution in [0, 0.1) is 0 Å². The summed E-state index contributed by atoms with van der Waals surface area (Å²) in [7, 11) is 0. The van der Waals surface area contributed by atoms with Crippen LogP contribution < -0.4 is 5.73 Å². The SMILES string of the molecule is CC(C)OC(N)=NC(=O)CCl. The molecule has 0 spiro atoms. The van der Waals surface area contributed by atoms with Crippen molar-refractivity contribution in [3.63, 3.8) is 0 Å². The van der Waals surface area contributed by atoms with E-state index in [9.17, 15) is 4.79 Å². The fourth-order valence-electron chi connectivity index (χ4n) is 0.421. The highest BCUT2D eigenvalue weighted by Gasteiger charge is 2.00. The Morgan fingerprint density at radius 2 is 2.27 bits per heavy atom. The van der Waals surface area contributed by atoms with Gasteiger partial charge in [-0.1, -0.05) is 0 Å². The van der Waals surface area contributed by atoms with Gasteiger partial charge >= 0.3 is 0 Å². The number of amidine groups is 1. The number of ether oxygens (including phenoxy) is 1. The Morgan fingerprint density at radius 1 is 1.73 bits per heavy atom. The molecule has 0 unspecified atom stereocenters. The van der Waals surface area contributed by atoms with E-state index in [-0.39, 0.29) is 18.0 Å². The first-order valence-electron chi connectivity index (χ1n) is 3.16. The second-order valence-corrected chi connectivity index (χ2v) is 2.41. The summed E-state index contributed by atoms with van der Waals surface area (Å²) < 4.78 is 4.87. The molecule has 1 amide bonds. The summed E-state index contributed by atoms with van der Waals surface area (Å²) in [5.74, 6) is -0.674. The minimum absolute atomic E-state index is 0.0816. The highest BCUT2D eigenvalue weighted by atomic mass is 35.5. The summed E-state index contributed by atoms with van der Waals surface area (Å²) in [6.07, 6.45) is -0.0816. The van der Waals surface area contributed by atoms with Crippen molar-refractivity contribution in [1.82, 2.24) is 0 Å². The molecule has 0 heterocycles. The lowest BCUT2D eigenvalue weighted by Crippen LogP contribution is -2.22. The van der Waals surface area contributed by atoms with Crippen molar-refractivity contribution in [1.29, 1.82) is 0 Å². The van der Waals surface area contributed by atoms with E-state index in [0.29, 0.717) is 0 Å². The van der Waals surface area contributed by atoms with Crippen molar-refractivity contribution >= 4 is 23.5 Å². The summed E-state index contributed by atoms with van der Waals surface area (Å²) in [6.45, 7) is 3.57. The molecular weight excluding hydrogens is 168 g/mol. The normalized spacial score (nSPS) is 11.8. The Morgan fingerprint density at radius 3 is 2.64 bits per heavy atom. The lowest BCUT2D eigenvalue weighted by Gasteiger charge is -2.06.